The minimum Gasteiger partial charge on any atom is -0.495 e. The minimum absolute atomic E-state index is 0.118. The van der Waals surface area contributed by atoms with E-state index in [4.69, 9.17) is 4.74 Å². The van der Waals surface area contributed by atoms with Gasteiger partial charge in [0, 0.05) is 29.6 Å². The third-order valence-electron chi connectivity index (χ3n) is 5.10. The third kappa shape index (κ3) is 4.35. The fraction of sp³-hybridized carbons (Fsp3) is 0.391. The Morgan fingerprint density at radius 3 is 2.43 bits per heavy atom. The molecule has 0 aromatic carbocycles. The van der Waals surface area contributed by atoms with Crippen LogP contribution in [0, 0.1) is 10.8 Å². The number of hydrogen-bond acceptors (Lipinski definition) is 5. The molecule has 7 nitrogen and oxygen atoms in total. The molecule has 0 aliphatic heterocycles. The highest BCUT2D eigenvalue weighted by Gasteiger charge is 2.41. The standard InChI is InChI=1S/C23H28N4O3/c1-22(2,3)20(28)23(4,5)21(29)27-18-8-7-14(11-24-18)9-15-12-25-19-17(15)10-16(30-6)13-26-19/h7-8,10-13H,9H2,1-6H3,(H,25,26)(H,24,27,29). The molecule has 1 amide bonds. The molecule has 0 atom stereocenters. The Morgan fingerprint density at radius 1 is 1.10 bits per heavy atom. The van der Waals surface area contributed by atoms with Crippen LogP contribution in [0.3, 0.4) is 0 Å². The number of Topliss-reactive ketones (excluding diaryl/α,β-unsaturated/α-hetero) is 1. The summed E-state index contributed by atoms with van der Waals surface area (Å²) in [6, 6.07) is 5.61. The van der Waals surface area contributed by atoms with E-state index in [1.54, 1.807) is 39.4 Å². The molecule has 30 heavy (non-hydrogen) atoms. The molecule has 0 bridgehead atoms. The average molecular weight is 409 g/mol. The summed E-state index contributed by atoms with van der Waals surface area (Å²) < 4.78 is 5.26. The van der Waals surface area contributed by atoms with Crippen LogP contribution in [0.25, 0.3) is 11.0 Å². The van der Waals surface area contributed by atoms with Gasteiger partial charge in [-0.1, -0.05) is 26.8 Å². The van der Waals surface area contributed by atoms with Gasteiger partial charge in [0.15, 0.2) is 5.78 Å². The second kappa shape index (κ2) is 7.89. The second-order valence-electron chi connectivity index (χ2n) is 8.97. The van der Waals surface area contributed by atoms with Crippen LogP contribution < -0.4 is 10.1 Å². The van der Waals surface area contributed by atoms with Crippen molar-refractivity contribution in [3.05, 3.63) is 47.9 Å². The SMILES string of the molecule is COc1cnc2[nH]cc(Cc3ccc(NC(=O)C(C)(C)C(=O)C(C)(C)C)nc3)c2c1. The van der Waals surface area contributed by atoms with E-state index in [1.165, 1.54) is 0 Å². The van der Waals surface area contributed by atoms with E-state index in [0.717, 1.165) is 22.2 Å². The number of aromatic nitrogens is 3. The first kappa shape index (κ1) is 21.5. The van der Waals surface area contributed by atoms with Gasteiger partial charge in [0.05, 0.1) is 13.3 Å². The van der Waals surface area contributed by atoms with Gasteiger partial charge in [-0.2, -0.15) is 0 Å². The predicted octanol–water partition coefficient (Wildman–Crippen LogP) is 4.14. The summed E-state index contributed by atoms with van der Waals surface area (Å²) in [7, 11) is 1.61. The first-order valence-corrected chi connectivity index (χ1v) is 9.83. The molecule has 3 aromatic heterocycles. The molecular weight excluding hydrogens is 380 g/mol. The first-order chi connectivity index (χ1) is 14.0. The number of amides is 1. The molecule has 0 fully saturated rings. The molecule has 3 rings (SSSR count). The molecule has 3 heterocycles. The summed E-state index contributed by atoms with van der Waals surface area (Å²) in [4.78, 5) is 37.1. The second-order valence-corrected chi connectivity index (χ2v) is 8.97. The molecule has 0 aliphatic carbocycles. The summed E-state index contributed by atoms with van der Waals surface area (Å²) in [5.74, 6) is 0.637. The number of carbonyl (C=O) groups is 2. The Bertz CT molecular complexity index is 1080. The van der Waals surface area contributed by atoms with Gasteiger partial charge in [0.2, 0.25) is 5.91 Å². The number of nitrogens with zero attached hydrogens (tertiary/aromatic N) is 2. The van der Waals surface area contributed by atoms with Gasteiger partial charge in [-0.05, 0) is 37.1 Å². The van der Waals surface area contributed by atoms with Gasteiger partial charge in [-0.25, -0.2) is 9.97 Å². The molecule has 0 radical (unpaired) electrons. The maximum atomic E-state index is 12.7. The normalized spacial score (nSPS) is 12.1. The summed E-state index contributed by atoms with van der Waals surface area (Å²) in [5.41, 5.74) is 1.12. The Hall–Kier alpha value is -3.22. The number of rotatable bonds is 6. The molecule has 0 saturated heterocycles. The molecule has 2 N–H and O–H groups in total. The Morgan fingerprint density at radius 2 is 1.83 bits per heavy atom. The van der Waals surface area contributed by atoms with Crippen molar-refractivity contribution in [3.63, 3.8) is 0 Å². The van der Waals surface area contributed by atoms with E-state index < -0.39 is 10.8 Å². The zero-order valence-electron chi connectivity index (χ0n) is 18.3. The van der Waals surface area contributed by atoms with Crippen molar-refractivity contribution in [1.82, 2.24) is 15.0 Å². The first-order valence-electron chi connectivity index (χ1n) is 9.83. The number of nitrogens with one attached hydrogen (secondary N) is 2. The van der Waals surface area contributed by atoms with Crippen molar-refractivity contribution in [2.75, 3.05) is 12.4 Å². The molecular formula is C23H28N4O3. The Kier molecular flexibility index (Phi) is 5.65. The lowest BCUT2D eigenvalue weighted by molar-refractivity contribution is -0.142. The van der Waals surface area contributed by atoms with Gasteiger partial charge in [-0.3, -0.25) is 9.59 Å². The van der Waals surface area contributed by atoms with E-state index in [1.807, 2.05) is 39.1 Å². The molecule has 3 aromatic rings. The molecule has 0 aliphatic rings. The van der Waals surface area contributed by atoms with Crippen LogP contribution >= 0.6 is 0 Å². The summed E-state index contributed by atoms with van der Waals surface area (Å²) in [6.07, 6.45) is 5.98. The van der Waals surface area contributed by atoms with Crippen LogP contribution in [0.5, 0.6) is 5.75 Å². The van der Waals surface area contributed by atoms with E-state index in [-0.39, 0.29) is 11.7 Å². The smallest absolute Gasteiger partial charge is 0.238 e. The number of hydrogen-bond donors (Lipinski definition) is 2. The fourth-order valence-electron chi connectivity index (χ4n) is 3.43. The van der Waals surface area contributed by atoms with Crippen molar-refractivity contribution in [1.29, 1.82) is 0 Å². The Labute approximate surface area is 176 Å². The van der Waals surface area contributed by atoms with Crippen LogP contribution in [0.15, 0.2) is 36.8 Å². The summed E-state index contributed by atoms with van der Waals surface area (Å²) in [5, 5.41) is 3.76. The van der Waals surface area contributed by atoms with Crippen molar-refractivity contribution in [2.24, 2.45) is 10.8 Å². The van der Waals surface area contributed by atoms with Crippen molar-refractivity contribution in [2.45, 2.75) is 41.0 Å². The number of H-pyrrole nitrogens is 1. The number of methoxy groups -OCH3 is 1. The highest BCUT2D eigenvalue weighted by atomic mass is 16.5. The molecule has 158 valence electrons. The quantitative estimate of drug-likeness (QED) is 0.598. The Balaban J connectivity index is 1.73. The molecule has 0 saturated carbocycles. The maximum Gasteiger partial charge on any atom is 0.238 e. The van der Waals surface area contributed by atoms with Crippen LogP contribution in [-0.4, -0.2) is 33.8 Å². The molecule has 0 spiro atoms. The zero-order chi connectivity index (χ0) is 22.1. The number of pyridine rings is 2. The average Bonchev–Trinajstić information content (AvgIpc) is 3.10. The van der Waals surface area contributed by atoms with Gasteiger partial charge >= 0.3 is 0 Å². The van der Waals surface area contributed by atoms with Gasteiger partial charge in [0.1, 0.15) is 22.6 Å². The van der Waals surface area contributed by atoms with Crippen molar-refractivity contribution >= 4 is 28.5 Å². The molecule has 0 unspecified atom stereocenters. The van der Waals surface area contributed by atoms with Crippen LogP contribution in [0.4, 0.5) is 5.82 Å². The van der Waals surface area contributed by atoms with E-state index in [9.17, 15) is 9.59 Å². The number of anilines is 1. The predicted molar refractivity (Wildman–Crippen MR) is 117 cm³/mol. The van der Waals surface area contributed by atoms with Crippen LogP contribution in [-0.2, 0) is 16.0 Å². The highest BCUT2D eigenvalue weighted by Crippen LogP contribution is 2.30. The van der Waals surface area contributed by atoms with E-state index in [2.05, 4.69) is 20.3 Å². The molecule has 7 heteroatoms. The number of aromatic amines is 1. The topological polar surface area (TPSA) is 97.0 Å². The number of carbonyl (C=O) groups excluding carboxylic acids is 2. The van der Waals surface area contributed by atoms with Crippen LogP contribution in [0.2, 0.25) is 0 Å². The number of fused-ring (bicyclic) bond motifs is 1. The number of ether oxygens (including phenoxy) is 1. The lowest BCUT2D eigenvalue weighted by Gasteiger charge is -2.29. The largest absolute Gasteiger partial charge is 0.495 e. The summed E-state index contributed by atoms with van der Waals surface area (Å²) in [6.45, 7) is 8.72. The lowest BCUT2D eigenvalue weighted by Crippen LogP contribution is -2.43. The van der Waals surface area contributed by atoms with Gasteiger partial charge < -0.3 is 15.0 Å². The van der Waals surface area contributed by atoms with Crippen molar-refractivity contribution < 1.29 is 14.3 Å². The zero-order valence-corrected chi connectivity index (χ0v) is 18.3. The number of ketones is 1. The maximum absolute atomic E-state index is 12.7. The lowest BCUT2D eigenvalue weighted by atomic mass is 9.74. The minimum atomic E-state index is -1.14. The van der Waals surface area contributed by atoms with E-state index >= 15 is 0 Å². The fourth-order valence-corrected chi connectivity index (χ4v) is 3.43. The third-order valence-corrected chi connectivity index (χ3v) is 5.10. The monoisotopic (exact) mass is 408 g/mol. The highest BCUT2D eigenvalue weighted by molar-refractivity contribution is 6.11. The van der Waals surface area contributed by atoms with Crippen LogP contribution in [0.1, 0.15) is 45.7 Å². The van der Waals surface area contributed by atoms with Crippen molar-refractivity contribution in [3.8, 4) is 5.75 Å². The van der Waals surface area contributed by atoms with Gasteiger partial charge in [0.25, 0.3) is 0 Å². The van der Waals surface area contributed by atoms with Gasteiger partial charge in [-0.15, -0.1) is 0 Å². The van der Waals surface area contributed by atoms with E-state index in [0.29, 0.717) is 18.0 Å². The summed E-state index contributed by atoms with van der Waals surface area (Å²) >= 11 is 0.